The Labute approximate surface area is 184 Å². The maximum Gasteiger partial charge on any atom is 0.332 e. The van der Waals surface area contributed by atoms with Gasteiger partial charge in [-0.15, -0.1) is 0 Å². The van der Waals surface area contributed by atoms with Gasteiger partial charge < -0.3 is 10.6 Å². The zero-order valence-corrected chi connectivity index (χ0v) is 18.9. The topological polar surface area (TPSA) is 87.3 Å². The van der Waals surface area contributed by atoms with Gasteiger partial charge in [-0.2, -0.15) is 0 Å². The monoisotopic (exact) mass is 441 g/mol. The zero-order valence-electron chi connectivity index (χ0n) is 18.0. The molecule has 0 bridgehead atoms. The van der Waals surface area contributed by atoms with Gasteiger partial charge >= 0.3 is 6.03 Å². The van der Waals surface area contributed by atoms with E-state index in [1.807, 2.05) is 37.3 Å². The number of amides is 2. The highest BCUT2D eigenvalue weighted by Crippen LogP contribution is 2.38. The average Bonchev–Trinajstić information content (AvgIpc) is 3.37. The molecule has 0 aliphatic heterocycles. The van der Waals surface area contributed by atoms with Crippen molar-refractivity contribution in [3.63, 3.8) is 0 Å². The second-order valence-corrected chi connectivity index (χ2v) is 10.6. The summed E-state index contributed by atoms with van der Waals surface area (Å²) in [6.45, 7) is 3.10. The largest absolute Gasteiger partial charge is 0.332 e. The number of nitrogens with one attached hydrogen (secondary N) is 3. The standard InChI is InChI=1S/C24H31N3O3S/c1-17(14-25-15-18-7-3-2-4-8-18)16-31(29,30)27-24(28)26-23-21-11-5-9-19(21)13-20-10-6-12-22(20)23/h2-4,7-8,13,17,25H,5-6,9-12,14-16H2,1H3,(H2,26,27,28). The zero-order chi connectivity index (χ0) is 21.8. The number of rotatable bonds is 8. The SMILES string of the molecule is CC(CNCc1ccccc1)CS(=O)(=O)NC(=O)Nc1c2c(cc3c1CCC3)CCC2. The molecule has 0 saturated carbocycles. The first-order valence-corrected chi connectivity index (χ1v) is 12.8. The van der Waals surface area contributed by atoms with Crippen LogP contribution in [-0.2, 0) is 42.3 Å². The Hall–Kier alpha value is -2.38. The van der Waals surface area contributed by atoms with Gasteiger partial charge in [-0.1, -0.05) is 43.3 Å². The molecule has 0 saturated heterocycles. The Bertz CT molecular complexity index is 1020. The lowest BCUT2D eigenvalue weighted by molar-refractivity contribution is 0.256. The molecule has 2 amide bonds. The van der Waals surface area contributed by atoms with Crippen LogP contribution in [0.25, 0.3) is 0 Å². The Morgan fingerprint density at radius 2 is 1.65 bits per heavy atom. The molecule has 4 rings (SSSR count). The van der Waals surface area contributed by atoms with Crippen LogP contribution in [0.2, 0.25) is 0 Å². The van der Waals surface area contributed by atoms with E-state index < -0.39 is 16.1 Å². The number of sulfonamides is 1. The molecule has 1 unspecified atom stereocenters. The van der Waals surface area contributed by atoms with Crippen LogP contribution >= 0.6 is 0 Å². The molecule has 3 N–H and O–H groups in total. The maximum absolute atomic E-state index is 12.6. The quantitative estimate of drug-likeness (QED) is 0.585. The number of fused-ring (bicyclic) bond motifs is 2. The van der Waals surface area contributed by atoms with Crippen molar-refractivity contribution >= 4 is 21.7 Å². The van der Waals surface area contributed by atoms with Crippen LogP contribution < -0.4 is 15.4 Å². The molecule has 0 fully saturated rings. The van der Waals surface area contributed by atoms with Crippen LogP contribution in [-0.4, -0.2) is 26.7 Å². The fourth-order valence-corrected chi connectivity index (χ4v) is 6.07. The third kappa shape index (κ3) is 5.46. The number of carbonyl (C=O) groups is 1. The van der Waals surface area contributed by atoms with Crippen molar-refractivity contribution in [3.8, 4) is 0 Å². The summed E-state index contributed by atoms with van der Waals surface area (Å²) in [5.41, 5.74) is 6.98. The minimum Gasteiger partial charge on any atom is -0.312 e. The molecule has 0 aromatic heterocycles. The molecule has 0 radical (unpaired) electrons. The van der Waals surface area contributed by atoms with Gasteiger partial charge in [0, 0.05) is 12.2 Å². The molecule has 2 aromatic rings. The summed E-state index contributed by atoms with van der Waals surface area (Å²) in [5.74, 6) is -0.230. The van der Waals surface area contributed by atoms with Gasteiger partial charge in [0.15, 0.2) is 0 Å². The van der Waals surface area contributed by atoms with Gasteiger partial charge in [0.05, 0.1) is 5.75 Å². The first kappa shape index (κ1) is 21.8. The normalized spacial score (nSPS) is 15.9. The lowest BCUT2D eigenvalue weighted by Crippen LogP contribution is -2.39. The predicted molar refractivity (Wildman–Crippen MR) is 124 cm³/mol. The summed E-state index contributed by atoms with van der Waals surface area (Å²) in [6, 6.07) is 11.6. The van der Waals surface area contributed by atoms with E-state index in [0.717, 1.165) is 49.8 Å². The maximum atomic E-state index is 12.6. The second-order valence-electron chi connectivity index (χ2n) is 8.79. The van der Waals surface area contributed by atoms with E-state index in [1.165, 1.54) is 22.3 Å². The minimum absolute atomic E-state index is 0.104. The Balaban J connectivity index is 1.32. The van der Waals surface area contributed by atoms with E-state index in [2.05, 4.69) is 21.4 Å². The van der Waals surface area contributed by atoms with Crippen molar-refractivity contribution in [2.75, 3.05) is 17.6 Å². The van der Waals surface area contributed by atoms with Crippen LogP contribution in [0.15, 0.2) is 36.4 Å². The lowest BCUT2D eigenvalue weighted by atomic mass is 9.99. The van der Waals surface area contributed by atoms with Crippen LogP contribution in [0.1, 0.15) is 47.6 Å². The van der Waals surface area contributed by atoms with E-state index in [4.69, 9.17) is 0 Å². The minimum atomic E-state index is -3.73. The van der Waals surface area contributed by atoms with Crippen molar-refractivity contribution in [1.82, 2.24) is 10.0 Å². The van der Waals surface area contributed by atoms with Crippen molar-refractivity contribution < 1.29 is 13.2 Å². The highest BCUT2D eigenvalue weighted by atomic mass is 32.2. The summed E-state index contributed by atoms with van der Waals surface area (Å²) in [5, 5.41) is 6.17. The predicted octanol–water partition coefficient (Wildman–Crippen LogP) is 3.54. The van der Waals surface area contributed by atoms with Gasteiger partial charge in [0.2, 0.25) is 10.0 Å². The van der Waals surface area contributed by atoms with Crippen LogP contribution in [0.3, 0.4) is 0 Å². The van der Waals surface area contributed by atoms with Crippen molar-refractivity contribution in [2.45, 2.75) is 52.0 Å². The fraction of sp³-hybridized carbons (Fsp3) is 0.458. The van der Waals surface area contributed by atoms with Gasteiger partial charge in [0.1, 0.15) is 0 Å². The third-order valence-electron chi connectivity index (χ3n) is 6.13. The number of benzene rings is 2. The van der Waals surface area contributed by atoms with E-state index >= 15 is 0 Å². The van der Waals surface area contributed by atoms with Crippen molar-refractivity contribution in [3.05, 3.63) is 64.2 Å². The molecule has 2 aromatic carbocycles. The summed E-state index contributed by atoms with van der Waals surface area (Å²) in [4.78, 5) is 12.6. The van der Waals surface area contributed by atoms with Gasteiger partial charge in [-0.05, 0) is 78.8 Å². The number of hydrogen-bond acceptors (Lipinski definition) is 4. The highest BCUT2D eigenvalue weighted by Gasteiger charge is 2.26. The Morgan fingerprint density at radius 3 is 2.29 bits per heavy atom. The molecule has 0 spiro atoms. The molecule has 166 valence electrons. The highest BCUT2D eigenvalue weighted by molar-refractivity contribution is 7.90. The number of hydrogen-bond donors (Lipinski definition) is 3. The molecule has 2 aliphatic rings. The number of aryl methyl sites for hydroxylation is 2. The van der Waals surface area contributed by atoms with E-state index in [0.29, 0.717) is 13.1 Å². The molecular formula is C24H31N3O3S. The number of anilines is 1. The fourth-order valence-electron chi connectivity index (χ4n) is 4.78. The van der Waals surface area contributed by atoms with Gasteiger partial charge in [-0.25, -0.2) is 17.9 Å². The lowest BCUT2D eigenvalue weighted by Gasteiger charge is -2.17. The van der Waals surface area contributed by atoms with Crippen LogP contribution in [0.5, 0.6) is 0 Å². The first-order valence-electron chi connectivity index (χ1n) is 11.1. The van der Waals surface area contributed by atoms with Crippen molar-refractivity contribution in [2.24, 2.45) is 5.92 Å². The smallest absolute Gasteiger partial charge is 0.312 e. The first-order chi connectivity index (χ1) is 14.9. The summed E-state index contributed by atoms with van der Waals surface area (Å²) in [6.07, 6.45) is 6.11. The van der Waals surface area contributed by atoms with Gasteiger partial charge in [0.25, 0.3) is 0 Å². The molecule has 1 atom stereocenters. The van der Waals surface area contributed by atoms with E-state index in [-0.39, 0.29) is 11.7 Å². The van der Waals surface area contributed by atoms with E-state index in [1.54, 1.807) is 0 Å². The molecule has 6 nitrogen and oxygen atoms in total. The van der Waals surface area contributed by atoms with Crippen LogP contribution in [0, 0.1) is 5.92 Å². The molecule has 31 heavy (non-hydrogen) atoms. The number of urea groups is 1. The van der Waals surface area contributed by atoms with E-state index in [9.17, 15) is 13.2 Å². The Kier molecular flexibility index (Phi) is 6.62. The molecule has 7 heteroatoms. The summed E-state index contributed by atoms with van der Waals surface area (Å²) in [7, 11) is -3.73. The molecule has 0 heterocycles. The Morgan fingerprint density at radius 1 is 1.00 bits per heavy atom. The number of carbonyl (C=O) groups excluding carboxylic acids is 1. The van der Waals surface area contributed by atoms with Gasteiger partial charge in [-0.3, -0.25) is 0 Å². The van der Waals surface area contributed by atoms with Crippen molar-refractivity contribution in [1.29, 1.82) is 0 Å². The second kappa shape index (κ2) is 9.40. The average molecular weight is 442 g/mol. The third-order valence-corrected chi connectivity index (χ3v) is 7.63. The summed E-state index contributed by atoms with van der Waals surface area (Å²) >= 11 is 0. The van der Waals surface area contributed by atoms with Crippen LogP contribution in [0.4, 0.5) is 10.5 Å². The summed E-state index contributed by atoms with van der Waals surface area (Å²) < 4.78 is 27.3. The molecular weight excluding hydrogens is 410 g/mol. The molecule has 2 aliphatic carbocycles.